The Labute approximate surface area is 180 Å². The van der Waals surface area contributed by atoms with Crippen LogP contribution in [-0.2, 0) is 17.8 Å². The van der Waals surface area contributed by atoms with Gasteiger partial charge >= 0.3 is 0 Å². The van der Waals surface area contributed by atoms with Crippen molar-refractivity contribution in [3.63, 3.8) is 0 Å². The van der Waals surface area contributed by atoms with Crippen molar-refractivity contribution in [2.75, 3.05) is 20.8 Å². The lowest BCUT2D eigenvalue weighted by atomic mass is 9.87. The van der Waals surface area contributed by atoms with Crippen molar-refractivity contribution >= 4 is 5.91 Å². The maximum Gasteiger partial charge on any atom is 0.222 e. The highest BCUT2D eigenvalue weighted by molar-refractivity contribution is 5.78. The fourth-order valence-electron chi connectivity index (χ4n) is 4.38. The molecule has 0 aromatic heterocycles. The van der Waals surface area contributed by atoms with Gasteiger partial charge in [-0.15, -0.1) is 0 Å². The molecule has 1 amide bonds. The Morgan fingerprint density at radius 3 is 2.33 bits per heavy atom. The fourth-order valence-corrected chi connectivity index (χ4v) is 4.38. The van der Waals surface area contributed by atoms with Gasteiger partial charge in [-0.05, 0) is 31.5 Å². The van der Waals surface area contributed by atoms with Gasteiger partial charge in [-0.3, -0.25) is 4.79 Å². The zero-order valence-electron chi connectivity index (χ0n) is 19.0. The number of ether oxygens (including phenoxy) is 2. The molecule has 2 N–H and O–H groups in total. The van der Waals surface area contributed by atoms with E-state index in [1.807, 2.05) is 13.8 Å². The molecule has 3 rings (SSSR count). The van der Waals surface area contributed by atoms with E-state index in [4.69, 9.17) is 9.47 Å². The predicted octanol–water partition coefficient (Wildman–Crippen LogP) is 2.86. The van der Waals surface area contributed by atoms with Crippen LogP contribution in [0.1, 0.15) is 49.1 Å². The van der Waals surface area contributed by atoms with Gasteiger partial charge in [0.1, 0.15) is 12.6 Å². The Balaban J connectivity index is 1.98. The van der Waals surface area contributed by atoms with Crippen LogP contribution in [0.4, 0.5) is 0 Å². The van der Waals surface area contributed by atoms with Crippen molar-refractivity contribution < 1.29 is 19.2 Å². The second kappa shape index (κ2) is 9.52. The van der Waals surface area contributed by atoms with Crippen molar-refractivity contribution in [2.45, 2.75) is 52.7 Å². The van der Waals surface area contributed by atoms with Gasteiger partial charge in [0, 0.05) is 23.5 Å². The largest absolute Gasteiger partial charge is 0.493 e. The van der Waals surface area contributed by atoms with Gasteiger partial charge in [-0.2, -0.15) is 0 Å². The third kappa shape index (κ3) is 4.78. The normalized spacial score (nSPS) is 19.2. The molecular weight excluding hydrogens is 376 g/mol. The number of methoxy groups -OCH3 is 2. The first-order valence-corrected chi connectivity index (χ1v) is 10.8. The summed E-state index contributed by atoms with van der Waals surface area (Å²) in [4.78, 5) is 13.9. The van der Waals surface area contributed by atoms with Crippen LogP contribution in [0, 0.1) is 12.8 Å². The molecule has 1 aliphatic heterocycles. The first-order valence-electron chi connectivity index (χ1n) is 10.8. The lowest BCUT2D eigenvalue weighted by Crippen LogP contribution is -3.13. The van der Waals surface area contributed by atoms with E-state index in [0.717, 1.165) is 31.0 Å². The number of fused-ring (bicyclic) bond motifs is 1. The molecule has 30 heavy (non-hydrogen) atoms. The molecule has 2 aromatic rings. The Hall–Kier alpha value is -2.53. The van der Waals surface area contributed by atoms with Gasteiger partial charge in [0.25, 0.3) is 0 Å². The standard InChI is InChI=1S/C25H34N2O3/c1-16(2)25(28)26-18(4)24-21-14-23(30-6)22(29-5)13-20(21)11-12-27(24)15-19-9-7-17(3)8-10-19/h7-10,13-14,16,18,24H,11-12,15H2,1-6H3,(H,26,28)/p+1/t18-,24+/m1/s1. The van der Waals surface area contributed by atoms with E-state index < -0.39 is 0 Å². The Morgan fingerprint density at radius 1 is 1.10 bits per heavy atom. The highest BCUT2D eigenvalue weighted by atomic mass is 16.5. The van der Waals surface area contributed by atoms with Crippen molar-refractivity contribution in [1.82, 2.24) is 5.32 Å². The zero-order valence-corrected chi connectivity index (χ0v) is 19.0. The zero-order chi connectivity index (χ0) is 21.8. The van der Waals surface area contributed by atoms with Crippen LogP contribution in [0.15, 0.2) is 36.4 Å². The van der Waals surface area contributed by atoms with Gasteiger partial charge in [-0.1, -0.05) is 43.7 Å². The Bertz CT molecular complexity index is 877. The van der Waals surface area contributed by atoms with E-state index in [9.17, 15) is 4.79 Å². The van der Waals surface area contributed by atoms with Crippen molar-refractivity contribution in [1.29, 1.82) is 0 Å². The number of carbonyl (C=O) groups is 1. The molecule has 1 unspecified atom stereocenters. The maximum atomic E-state index is 12.5. The molecule has 0 radical (unpaired) electrons. The van der Waals surface area contributed by atoms with Crippen LogP contribution in [0.25, 0.3) is 0 Å². The molecule has 5 heteroatoms. The third-order valence-electron chi connectivity index (χ3n) is 6.08. The van der Waals surface area contributed by atoms with Gasteiger partial charge < -0.3 is 19.7 Å². The first kappa shape index (κ1) is 22.2. The van der Waals surface area contributed by atoms with Crippen molar-refractivity contribution in [3.8, 4) is 11.5 Å². The van der Waals surface area contributed by atoms with Crippen LogP contribution in [0.3, 0.4) is 0 Å². The number of carbonyl (C=O) groups excluding carboxylic acids is 1. The lowest BCUT2D eigenvalue weighted by molar-refractivity contribution is -0.948. The second-order valence-electron chi connectivity index (χ2n) is 8.66. The summed E-state index contributed by atoms with van der Waals surface area (Å²) >= 11 is 0. The monoisotopic (exact) mass is 411 g/mol. The molecule has 1 aliphatic rings. The number of hydrogen-bond donors (Lipinski definition) is 2. The number of amides is 1. The summed E-state index contributed by atoms with van der Waals surface area (Å²) in [5, 5.41) is 3.25. The quantitative estimate of drug-likeness (QED) is 0.737. The Kier molecular flexibility index (Phi) is 7.03. The van der Waals surface area contributed by atoms with Gasteiger partial charge in [0.05, 0.1) is 26.8 Å². The minimum atomic E-state index is -0.0403. The molecule has 0 aliphatic carbocycles. The number of aryl methyl sites for hydroxylation is 1. The van der Waals surface area contributed by atoms with E-state index in [0.29, 0.717) is 0 Å². The summed E-state index contributed by atoms with van der Waals surface area (Å²) in [5.41, 5.74) is 5.09. The molecule has 0 bridgehead atoms. The molecule has 0 fully saturated rings. The van der Waals surface area contributed by atoms with Crippen LogP contribution in [0.2, 0.25) is 0 Å². The molecule has 0 saturated carbocycles. The molecule has 5 nitrogen and oxygen atoms in total. The molecule has 1 heterocycles. The predicted molar refractivity (Wildman–Crippen MR) is 119 cm³/mol. The second-order valence-corrected chi connectivity index (χ2v) is 8.66. The molecule has 162 valence electrons. The highest BCUT2D eigenvalue weighted by Gasteiger charge is 2.37. The molecule has 2 aromatic carbocycles. The van der Waals surface area contributed by atoms with E-state index in [1.165, 1.54) is 27.2 Å². The summed E-state index contributed by atoms with van der Waals surface area (Å²) in [5.74, 6) is 1.54. The molecule has 0 spiro atoms. The summed E-state index contributed by atoms with van der Waals surface area (Å²) in [6.45, 7) is 10.0. The first-order chi connectivity index (χ1) is 14.3. The third-order valence-corrected chi connectivity index (χ3v) is 6.08. The van der Waals surface area contributed by atoms with Crippen molar-refractivity contribution in [3.05, 3.63) is 58.7 Å². The minimum absolute atomic E-state index is 0.00232. The van der Waals surface area contributed by atoms with Crippen LogP contribution < -0.4 is 19.7 Å². The summed E-state index contributed by atoms with van der Waals surface area (Å²) < 4.78 is 11.1. The number of rotatable bonds is 7. The van der Waals surface area contributed by atoms with E-state index in [2.05, 4.69) is 55.6 Å². The summed E-state index contributed by atoms with van der Waals surface area (Å²) in [6, 6.07) is 13.1. The number of quaternary nitrogens is 1. The van der Waals surface area contributed by atoms with Crippen LogP contribution in [0.5, 0.6) is 11.5 Å². The molecule has 0 saturated heterocycles. The number of nitrogens with one attached hydrogen (secondary N) is 2. The van der Waals surface area contributed by atoms with E-state index in [1.54, 1.807) is 14.2 Å². The summed E-state index contributed by atoms with van der Waals surface area (Å²) in [7, 11) is 3.34. The highest BCUT2D eigenvalue weighted by Crippen LogP contribution is 2.35. The fraction of sp³-hybridized carbons (Fsp3) is 0.480. The van der Waals surface area contributed by atoms with Gasteiger partial charge in [0.2, 0.25) is 5.91 Å². The average molecular weight is 412 g/mol. The maximum absolute atomic E-state index is 12.5. The lowest BCUT2D eigenvalue weighted by Gasteiger charge is -2.38. The number of hydrogen-bond acceptors (Lipinski definition) is 3. The van der Waals surface area contributed by atoms with Gasteiger partial charge in [0.15, 0.2) is 11.5 Å². The van der Waals surface area contributed by atoms with Crippen LogP contribution >= 0.6 is 0 Å². The van der Waals surface area contributed by atoms with Crippen LogP contribution in [-0.4, -0.2) is 32.7 Å². The summed E-state index contributed by atoms with van der Waals surface area (Å²) in [6.07, 6.45) is 0.970. The van der Waals surface area contributed by atoms with E-state index in [-0.39, 0.29) is 23.9 Å². The molecule has 3 atom stereocenters. The number of benzene rings is 2. The molecular formula is C25H35N2O3+. The smallest absolute Gasteiger partial charge is 0.222 e. The SMILES string of the molecule is COc1cc2c(cc1OC)[C@H]([C@@H](C)NC(=O)C(C)C)[NH+](Cc1ccc(C)cc1)CC2. The van der Waals surface area contributed by atoms with Gasteiger partial charge in [-0.25, -0.2) is 0 Å². The van der Waals surface area contributed by atoms with Crippen molar-refractivity contribution in [2.24, 2.45) is 5.92 Å². The topological polar surface area (TPSA) is 52.0 Å². The Morgan fingerprint density at radius 2 is 1.73 bits per heavy atom. The van der Waals surface area contributed by atoms with E-state index >= 15 is 0 Å². The minimum Gasteiger partial charge on any atom is -0.493 e. The average Bonchev–Trinajstić information content (AvgIpc) is 2.73.